The van der Waals surface area contributed by atoms with Gasteiger partial charge in [0.25, 0.3) is 5.56 Å². The number of aryl methyl sites for hydroxylation is 1. The highest BCUT2D eigenvalue weighted by molar-refractivity contribution is 6.32. The third-order valence-corrected chi connectivity index (χ3v) is 3.60. The number of rotatable bonds is 6. The second-order valence-corrected chi connectivity index (χ2v) is 5.25. The molecular weight excluding hydrogens is 266 g/mol. The predicted molar refractivity (Wildman–Crippen MR) is 75.9 cm³/mol. The monoisotopic (exact) mass is 285 g/mol. The van der Waals surface area contributed by atoms with Crippen LogP contribution in [0.5, 0.6) is 0 Å². The molecule has 106 valence electrons. The smallest absolute Gasteiger partial charge is 0.271 e. The highest BCUT2D eigenvalue weighted by atomic mass is 35.5. The van der Waals surface area contributed by atoms with Crippen molar-refractivity contribution in [3.05, 3.63) is 21.2 Å². The molecule has 1 aliphatic carbocycles. The van der Waals surface area contributed by atoms with E-state index in [1.807, 2.05) is 0 Å². The van der Waals surface area contributed by atoms with Crippen molar-refractivity contribution in [1.82, 2.24) is 9.97 Å². The second kappa shape index (κ2) is 6.91. The molecule has 5 nitrogen and oxygen atoms in total. The fourth-order valence-corrected chi connectivity index (χ4v) is 2.43. The minimum absolute atomic E-state index is 0.113. The number of H-pyrrole nitrogens is 1. The van der Waals surface area contributed by atoms with Gasteiger partial charge in [0.1, 0.15) is 10.8 Å². The Balaban J connectivity index is 1.72. The molecule has 0 saturated heterocycles. The Morgan fingerprint density at radius 2 is 2.21 bits per heavy atom. The summed E-state index contributed by atoms with van der Waals surface area (Å²) in [5.74, 6) is 1.00. The third kappa shape index (κ3) is 4.21. The number of nitrogens with one attached hydrogen (secondary N) is 2. The Morgan fingerprint density at radius 3 is 2.95 bits per heavy atom. The van der Waals surface area contributed by atoms with Crippen LogP contribution in [0.2, 0.25) is 5.02 Å². The Hall–Kier alpha value is -1.07. The van der Waals surface area contributed by atoms with E-state index in [0.29, 0.717) is 24.3 Å². The van der Waals surface area contributed by atoms with E-state index >= 15 is 0 Å². The molecule has 1 saturated carbocycles. The minimum Gasteiger partial charge on any atom is -0.378 e. The van der Waals surface area contributed by atoms with Crippen LogP contribution in [0.1, 0.15) is 37.9 Å². The third-order valence-electron chi connectivity index (χ3n) is 3.25. The first-order valence-corrected chi connectivity index (χ1v) is 7.16. The first-order valence-electron chi connectivity index (χ1n) is 6.78. The van der Waals surface area contributed by atoms with Gasteiger partial charge >= 0.3 is 0 Å². The van der Waals surface area contributed by atoms with Crippen molar-refractivity contribution in [3.8, 4) is 0 Å². The molecule has 19 heavy (non-hydrogen) atoms. The number of hydrogen-bond donors (Lipinski definition) is 2. The number of ether oxygens (including phenoxy) is 1. The maximum absolute atomic E-state index is 11.4. The van der Waals surface area contributed by atoms with Gasteiger partial charge in [-0.2, -0.15) is 0 Å². The van der Waals surface area contributed by atoms with E-state index in [2.05, 4.69) is 15.3 Å². The van der Waals surface area contributed by atoms with Crippen LogP contribution in [-0.2, 0) is 4.74 Å². The van der Waals surface area contributed by atoms with Crippen LogP contribution in [0, 0.1) is 6.92 Å². The molecule has 0 radical (unpaired) electrons. The van der Waals surface area contributed by atoms with Gasteiger partial charge in [0.05, 0.1) is 6.10 Å². The van der Waals surface area contributed by atoms with Crippen LogP contribution < -0.4 is 10.9 Å². The van der Waals surface area contributed by atoms with Gasteiger partial charge in [0.15, 0.2) is 5.82 Å². The van der Waals surface area contributed by atoms with Gasteiger partial charge < -0.3 is 15.0 Å². The average molecular weight is 286 g/mol. The summed E-state index contributed by atoms with van der Waals surface area (Å²) in [5, 5.41) is 3.19. The van der Waals surface area contributed by atoms with E-state index in [9.17, 15) is 4.79 Å². The van der Waals surface area contributed by atoms with Crippen molar-refractivity contribution < 1.29 is 4.74 Å². The molecule has 0 spiro atoms. The number of halogens is 1. The van der Waals surface area contributed by atoms with Gasteiger partial charge in [-0.05, 0) is 26.2 Å². The van der Waals surface area contributed by atoms with Gasteiger partial charge in [-0.25, -0.2) is 4.98 Å². The van der Waals surface area contributed by atoms with Crippen molar-refractivity contribution in [3.63, 3.8) is 0 Å². The first kappa shape index (κ1) is 14.3. The average Bonchev–Trinajstić information content (AvgIpc) is 2.87. The summed E-state index contributed by atoms with van der Waals surface area (Å²) in [7, 11) is 0. The molecule has 0 atom stereocenters. The zero-order valence-corrected chi connectivity index (χ0v) is 11.9. The quantitative estimate of drug-likeness (QED) is 0.788. The Bertz CT molecular complexity index is 469. The number of aromatic nitrogens is 2. The summed E-state index contributed by atoms with van der Waals surface area (Å²) >= 11 is 5.88. The lowest BCUT2D eigenvalue weighted by molar-refractivity contribution is 0.0583. The maximum Gasteiger partial charge on any atom is 0.271 e. The summed E-state index contributed by atoms with van der Waals surface area (Å²) in [6.07, 6.45) is 6.27. The van der Waals surface area contributed by atoms with Crippen molar-refractivity contribution in [2.24, 2.45) is 0 Å². The number of anilines is 1. The second-order valence-electron chi connectivity index (χ2n) is 4.87. The van der Waals surface area contributed by atoms with Crippen LogP contribution in [0.25, 0.3) is 0 Å². The maximum atomic E-state index is 11.4. The summed E-state index contributed by atoms with van der Waals surface area (Å²) in [5.41, 5.74) is -0.307. The lowest BCUT2D eigenvalue weighted by Gasteiger charge is -2.11. The molecule has 2 rings (SSSR count). The van der Waals surface area contributed by atoms with Crippen LogP contribution in [-0.4, -0.2) is 29.2 Å². The lowest BCUT2D eigenvalue weighted by Crippen LogP contribution is -2.16. The molecule has 1 aromatic heterocycles. The molecule has 0 bridgehead atoms. The van der Waals surface area contributed by atoms with Gasteiger partial charge in [-0.3, -0.25) is 4.79 Å². The fraction of sp³-hybridized carbons (Fsp3) is 0.692. The highest BCUT2D eigenvalue weighted by Gasteiger charge is 2.14. The van der Waals surface area contributed by atoms with E-state index in [0.717, 1.165) is 13.0 Å². The van der Waals surface area contributed by atoms with Crippen LogP contribution >= 0.6 is 11.6 Å². The molecular formula is C13H20ClN3O2. The SMILES string of the molecule is Cc1nc(NCCCOC2CCCC2)c(Cl)c(=O)[nH]1. The Morgan fingerprint density at radius 1 is 1.47 bits per heavy atom. The van der Waals surface area contributed by atoms with Gasteiger partial charge in [-0.1, -0.05) is 24.4 Å². The number of aromatic amines is 1. The molecule has 1 aliphatic rings. The molecule has 6 heteroatoms. The van der Waals surface area contributed by atoms with E-state index in [-0.39, 0.29) is 10.6 Å². The molecule has 2 N–H and O–H groups in total. The van der Waals surface area contributed by atoms with Crippen molar-refractivity contribution >= 4 is 17.4 Å². The number of hydrogen-bond acceptors (Lipinski definition) is 4. The Kier molecular flexibility index (Phi) is 5.22. The van der Waals surface area contributed by atoms with Crippen LogP contribution in [0.4, 0.5) is 5.82 Å². The zero-order chi connectivity index (χ0) is 13.7. The van der Waals surface area contributed by atoms with Crippen molar-refractivity contribution in [1.29, 1.82) is 0 Å². The van der Waals surface area contributed by atoms with E-state index in [4.69, 9.17) is 16.3 Å². The zero-order valence-electron chi connectivity index (χ0n) is 11.2. The molecule has 1 fully saturated rings. The minimum atomic E-state index is -0.307. The highest BCUT2D eigenvalue weighted by Crippen LogP contribution is 2.21. The summed E-state index contributed by atoms with van der Waals surface area (Å²) < 4.78 is 5.76. The summed E-state index contributed by atoms with van der Waals surface area (Å²) in [6.45, 7) is 3.16. The van der Waals surface area contributed by atoms with Gasteiger partial charge in [-0.15, -0.1) is 0 Å². The largest absolute Gasteiger partial charge is 0.378 e. The van der Waals surface area contributed by atoms with Crippen molar-refractivity contribution in [2.75, 3.05) is 18.5 Å². The van der Waals surface area contributed by atoms with E-state index < -0.39 is 0 Å². The normalized spacial score (nSPS) is 15.9. The molecule has 0 aromatic carbocycles. The fourth-order valence-electron chi connectivity index (χ4n) is 2.27. The van der Waals surface area contributed by atoms with Crippen molar-refractivity contribution in [2.45, 2.75) is 45.1 Å². The Labute approximate surface area is 117 Å². The van der Waals surface area contributed by atoms with Crippen LogP contribution in [0.3, 0.4) is 0 Å². The summed E-state index contributed by atoms with van der Waals surface area (Å²) in [4.78, 5) is 18.2. The standard InChI is InChI=1S/C13H20ClN3O2/c1-9-16-12(11(14)13(18)17-9)15-7-4-8-19-10-5-2-3-6-10/h10H,2-8H2,1H3,(H2,15,16,17,18). The molecule has 1 heterocycles. The van der Waals surface area contributed by atoms with Crippen LogP contribution in [0.15, 0.2) is 4.79 Å². The molecule has 0 unspecified atom stereocenters. The molecule has 0 aliphatic heterocycles. The van der Waals surface area contributed by atoms with Gasteiger partial charge in [0, 0.05) is 13.2 Å². The topological polar surface area (TPSA) is 67.0 Å². The molecule has 1 aromatic rings. The van der Waals surface area contributed by atoms with E-state index in [1.165, 1.54) is 25.7 Å². The van der Waals surface area contributed by atoms with E-state index in [1.54, 1.807) is 6.92 Å². The first-order chi connectivity index (χ1) is 9.16. The lowest BCUT2D eigenvalue weighted by atomic mass is 10.3. The number of nitrogens with zero attached hydrogens (tertiary/aromatic N) is 1. The summed E-state index contributed by atoms with van der Waals surface area (Å²) in [6, 6.07) is 0. The predicted octanol–water partition coefficient (Wildman–Crippen LogP) is 2.49. The van der Waals surface area contributed by atoms with Gasteiger partial charge in [0.2, 0.25) is 0 Å². The molecule has 0 amide bonds.